The summed E-state index contributed by atoms with van der Waals surface area (Å²) in [5.74, 6) is 0.483. The zero-order valence-corrected chi connectivity index (χ0v) is 12.4. The zero-order chi connectivity index (χ0) is 15.5. The van der Waals surface area contributed by atoms with Crippen LogP contribution in [0.1, 0.15) is 28.6 Å². The van der Waals surface area contributed by atoms with Crippen LogP contribution in [0.3, 0.4) is 0 Å². The molecule has 2 heterocycles. The van der Waals surface area contributed by atoms with E-state index in [-0.39, 0.29) is 18.3 Å². The van der Waals surface area contributed by atoms with Gasteiger partial charge in [0.15, 0.2) is 0 Å². The number of aromatic nitrogens is 3. The van der Waals surface area contributed by atoms with Crippen molar-refractivity contribution < 1.29 is 9.90 Å². The molecule has 1 aliphatic heterocycles. The summed E-state index contributed by atoms with van der Waals surface area (Å²) in [4.78, 5) is 18.3. The molecule has 0 saturated carbocycles. The molecule has 1 aromatic carbocycles. The smallest absolute Gasteiger partial charge is 0.293 e. The van der Waals surface area contributed by atoms with Gasteiger partial charge in [-0.2, -0.15) is 4.98 Å². The first-order valence-corrected chi connectivity index (χ1v) is 7.32. The van der Waals surface area contributed by atoms with Crippen LogP contribution in [0.4, 0.5) is 5.95 Å². The molecule has 0 spiro atoms. The number of aliphatic hydroxyl groups excluding tert-OH is 1. The molecular formula is C15H19N5O2. The SMILES string of the molecule is CN(C(=O)c1nc2n(n1)CCCN2)C(CO)c1ccccc1. The minimum atomic E-state index is -0.415. The van der Waals surface area contributed by atoms with Crippen molar-refractivity contribution in [3.8, 4) is 0 Å². The summed E-state index contributed by atoms with van der Waals surface area (Å²) in [7, 11) is 1.66. The van der Waals surface area contributed by atoms with Crippen LogP contribution >= 0.6 is 0 Å². The molecule has 0 saturated heterocycles. The lowest BCUT2D eigenvalue weighted by molar-refractivity contribution is 0.0646. The van der Waals surface area contributed by atoms with Crippen molar-refractivity contribution in [3.05, 3.63) is 41.7 Å². The Morgan fingerprint density at radius 1 is 1.45 bits per heavy atom. The summed E-state index contributed by atoms with van der Waals surface area (Å²) < 4.78 is 1.71. The number of hydrogen-bond donors (Lipinski definition) is 2. The van der Waals surface area contributed by atoms with E-state index in [0.29, 0.717) is 5.95 Å². The summed E-state index contributed by atoms with van der Waals surface area (Å²) in [5.41, 5.74) is 0.878. The van der Waals surface area contributed by atoms with Gasteiger partial charge in [0.05, 0.1) is 12.6 Å². The molecule has 7 nitrogen and oxygen atoms in total. The third-order valence-electron chi connectivity index (χ3n) is 3.84. The van der Waals surface area contributed by atoms with Crippen LogP contribution in [-0.2, 0) is 6.54 Å². The van der Waals surface area contributed by atoms with E-state index in [1.54, 1.807) is 11.7 Å². The lowest BCUT2D eigenvalue weighted by Gasteiger charge is -2.25. The average molecular weight is 301 g/mol. The summed E-state index contributed by atoms with van der Waals surface area (Å²) in [6, 6.07) is 9.02. The lowest BCUT2D eigenvalue weighted by atomic mass is 10.1. The van der Waals surface area contributed by atoms with Gasteiger partial charge in [0.25, 0.3) is 5.91 Å². The third kappa shape index (κ3) is 2.67. The Balaban J connectivity index is 1.82. The Morgan fingerprint density at radius 2 is 2.23 bits per heavy atom. The van der Waals surface area contributed by atoms with Gasteiger partial charge in [-0.15, -0.1) is 5.10 Å². The molecule has 0 radical (unpaired) electrons. The highest BCUT2D eigenvalue weighted by atomic mass is 16.3. The van der Waals surface area contributed by atoms with Crippen molar-refractivity contribution in [1.82, 2.24) is 19.7 Å². The van der Waals surface area contributed by atoms with E-state index in [9.17, 15) is 9.90 Å². The maximum atomic E-state index is 12.6. The van der Waals surface area contributed by atoms with Crippen LogP contribution in [0.5, 0.6) is 0 Å². The number of nitrogens with zero attached hydrogens (tertiary/aromatic N) is 4. The Morgan fingerprint density at radius 3 is 2.91 bits per heavy atom. The fourth-order valence-electron chi connectivity index (χ4n) is 2.57. The molecule has 22 heavy (non-hydrogen) atoms. The fraction of sp³-hybridized carbons (Fsp3) is 0.400. The molecule has 1 atom stereocenters. The predicted molar refractivity (Wildman–Crippen MR) is 81.5 cm³/mol. The molecule has 0 bridgehead atoms. The first-order chi connectivity index (χ1) is 10.7. The molecule has 2 N–H and O–H groups in total. The maximum Gasteiger partial charge on any atom is 0.293 e. The first-order valence-electron chi connectivity index (χ1n) is 7.32. The fourth-order valence-corrected chi connectivity index (χ4v) is 2.57. The molecule has 116 valence electrons. The molecule has 7 heteroatoms. The number of aryl methyl sites for hydroxylation is 1. The van der Waals surface area contributed by atoms with Crippen LogP contribution in [0.2, 0.25) is 0 Å². The molecule has 1 unspecified atom stereocenters. The standard InChI is InChI=1S/C15H19N5O2/c1-19(12(10-21)11-6-3-2-4-7-11)14(22)13-17-15-16-8-5-9-20(15)18-13/h2-4,6-7,12,21H,5,8-10H2,1H3,(H,16,17,18). The molecule has 1 amide bonds. The van der Waals surface area contributed by atoms with Gasteiger partial charge in [-0.25, -0.2) is 4.68 Å². The normalized spacial score (nSPS) is 14.8. The molecular weight excluding hydrogens is 282 g/mol. The number of rotatable bonds is 4. The highest BCUT2D eigenvalue weighted by molar-refractivity contribution is 5.91. The number of anilines is 1. The summed E-state index contributed by atoms with van der Waals surface area (Å²) in [5, 5.41) is 17.0. The minimum absolute atomic E-state index is 0.154. The quantitative estimate of drug-likeness (QED) is 0.876. The van der Waals surface area contributed by atoms with Crippen LogP contribution in [0.15, 0.2) is 30.3 Å². The Hall–Kier alpha value is -2.41. The summed E-state index contributed by atoms with van der Waals surface area (Å²) in [6.07, 6.45) is 0.961. The van der Waals surface area contributed by atoms with E-state index >= 15 is 0 Å². The second-order valence-corrected chi connectivity index (χ2v) is 5.29. The first kappa shape index (κ1) is 14.5. The van der Waals surface area contributed by atoms with Crippen molar-refractivity contribution in [3.63, 3.8) is 0 Å². The van der Waals surface area contributed by atoms with Gasteiger partial charge in [0.2, 0.25) is 11.8 Å². The number of likely N-dealkylation sites (N-methyl/N-ethyl adjacent to an activating group) is 1. The van der Waals surface area contributed by atoms with Crippen LogP contribution < -0.4 is 5.32 Å². The van der Waals surface area contributed by atoms with Gasteiger partial charge in [-0.05, 0) is 12.0 Å². The summed E-state index contributed by atoms with van der Waals surface area (Å²) in [6.45, 7) is 1.44. The number of benzene rings is 1. The Kier molecular flexibility index (Phi) is 4.06. The molecule has 0 fully saturated rings. The monoisotopic (exact) mass is 301 g/mol. The van der Waals surface area contributed by atoms with Crippen molar-refractivity contribution in [2.24, 2.45) is 0 Å². The Labute approximate surface area is 128 Å². The number of carbonyl (C=O) groups excluding carboxylic acids is 1. The van der Waals surface area contributed by atoms with Gasteiger partial charge < -0.3 is 15.3 Å². The van der Waals surface area contributed by atoms with E-state index in [1.807, 2.05) is 30.3 Å². The number of nitrogens with one attached hydrogen (secondary N) is 1. The number of aliphatic hydroxyl groups is 1. The van der Waals surface area contributed by atoms with E-state index in [2.05, 4.69) is 15.4 Å². The van der Waals surface area contributed by atoms with Crippen LogP contribution in [-0.4, -0.2) is 50.9 Å². The highest BCUT2D eigenvalue weighted by Gasteiger charge is 2.26. The molecule has 2 aromatic rings. The third-order valence-corrected chi connectivity index (χ3v) is 3.84. The maximum absolute atomic E-state index is 12.6. The largest absolute Gasteiger partial charge is 0.394 e. The number of hydrogen-bond acceptors (Lipinski definition) is 5. The van der Waals surface area contributed by atoms with Crippen molar-refractivity contribution in [2.75, 3.05) is 25.5 Å². The van der Waals surface area contributed by atoms with E-state index in [1.165, 1.54) is 4.90 Å². The van der Waals surface area contributed by atoms with Gasteiger partial charge in [0, 0.05) is 20.1 Å². The van der Waals surface area contributed by atoms with E-state index < -0.39 is 6.04 Å². The van der Waals surface area contributed by atoms with E-state index in [0.717, 1.165) is 25.1 Å². The molecule has 1 aliphatic rings. The lowest BCUT2D eigenvalue weighted by Crippen LogP contribution is -2.34. The average Bonchev–Trinajstić information content (AvgIpc) is 2.99. The molecule has 1 aromatic heterocycles. The van der Waals surface area contributed by atoms with E-state index in [4.69, 9.17) is 0 Å². The number of amides is 1. The van der Waals surface area contributed by atoms with Crippen LogP contribution in [0, 0.1) is 0 Å². The topological polar surface area (TPSA) is 83.3 Å². The zero-order valence-electron chi connectivity index (χ0n) is 12.4. The van der Waals surface area contributed by atoms with Crippen molar-refractivity contribution in [1.29, 1.82) is 0 Å². The minimum Gasteiger partial charge on any atom is -0.394 e. The second kappa shape index (κ2) is 6.15. The Bertz CT molecular complexity index is 632. The number of fused-ring (bicyclic) bond motifs is 1. The van der Waals surface area contributed by atoms with Crippen molar-refractivity contribution >= 4 is 11.9 Å². The molecule has 3 rings (SSSR count). The van der Waals surface area contributed by atoms with Gasteiger partial charge in [0.1, 0.15) is 0 Å². The second-order valence-electron chi connectivity index (χ2n) is 5.29. The predicted octanol–water partition coefficient (Wildman–Crippen LogP) is 0.899. The van der Waals surface area contributed by atoms with Crippen molar-refractivity contribution in [2.45, 2.75) is 19.0 Å². The van der Waals surface area contributed by atoms with Gasteiger partial charge in [-0.1, -0.05) is 30.3 Å². The van der Waals surface area contributed by atoms with Gasteiger partial charge >= 0.3 is 0 Å². The van der Waals surface area contributed by atoms with Gasteiger partial charge in [-0.3, -0.25) is 4.79 Å². The summed E-state index contributed by atoms with van der Waals surface area (Å²) >= 11 is 0. The molecule has 0 aliphatic carbocycles. The highest BCUT2D eigenvalue weighted by Crippen LogP contribution is 2.21. The number of carbonyl (C=O) groups is 1. The van der Waals surface area contributed by atoms with Crippen LogP contribution in [0.25, 0.3) is 0 Å².